The molecule has 4 heteroatoms. The van der Waals surface area contributed by atoms with Crippen LogP contribution in [0.15, 0.2) is 18.2 Å². The van der Waals surface area contributed by atoms with Crippen LogP contribution in [0.2, 0.25) is 0 Å². The van der Waals surface area contributed by atoms with Gasteiger partial charge in [-0.25, -0.2) is 4.39 Å². The Labute approximate surface area is 74.0 Å². The summed E-state index contributed by atoms with van der Waals surface area (Å²) in [5, 5.41) is 17.2. The largest absolute Gasteiger partial charge is 0.508 e. The lowest BCUT2D eigenvalue weighted by Crippen LogP contribution is -2.00. The standard InChI is InChI=1S/C9H6FNO2/c10-8-2-1-6(12)5-7(8)9(13)3-4-11/h1-2,5,12H,3H2. The van der Waals surface area contributed by atoms with Crippen LogP contribution in [0, 0.1) is 17.1 Å². The molecule has 0 atom stereocenters. The summed E-state index contributed by atoms with van der Waals surface area (Å²) in [5.74, 6) is -1.54. The van der Waals surface area contributed by atoms with E-state index in [9.17, 15) is 9.18 Å². The van der Waals surface area contributed by atoms with Crippen LogP contribution in [0.1, 0.15) is 16.8 Å². The molecule has 0 saturated heterocycles. The third-order valence-corrected chi connectivity index (χ3v) is 1.49. The molecule has 66 valence electrons. The van der Waals surface area contributed by atoms with Crippen LogP contribution < -0.4 is 0 Å². The molecule has 1 rings (SSSR count). The first kappa shape index (κ1) is 9.20. The monoisotopic (exact) mass is 179 g/mol. The minimum absolute atomic E-state index is 0.192. The van der Waals surface area contributed by atoms with Crippen molar-refractivity contribution in [1.29, 1.82) is 5.26 Å². The Balaban J connectivity index is 3.07. The van der Waals surface area contributed by atoms with Crippen LogP contribution in [0.5, 0.6) is 5.75 Å². The number of nitrogens with zero attached hydrogens (tertiary/aromatic N) is 1. The first-order chi connectivity index (χ1) is 6.15. The number of halogens is 1. The molecule has 13 heavy (non-hydrogen) atoms. The van der Waals surface area contributed by atoms with Gasteiger partial charge in [0.1, 0.15) is 11.6 Å². The summed E-state index contributed by atoms with van der Waals surface area (Å²) >= 11 is 0. The van der Waals surface area contributed by atoms with Crippen LogP contribution in [0.25, 0.3) is 0 Å². The number of carbonyl (C=O) groups excluding carboxylic acids is 1. The van der Waals surface area contributed by atoms with Crippen molar-refractivity contribution in [1.82, 2.24) is 0 Å². The molecule has 0 aromatic heterocycles. The molecule has 0 aliphatic rings. The number of phenols is 1. The van der Waals surface area contributed by atoms with Crippen molar-refractivity contribution in [3.05, 3.63) is 29.6 Å². The van der Waals surface area contributed by atoms with E-state index in [1.807, 2.05) is 0 Å². The highest BCUT2D eigenvalue weighted by molar-refractivity contribution is 5.97. The van der Waals surface area contributed by atoms with E-state index in [-0.39, 0.29) is 17.7 Å². The molecule has 1 aromatic carbocycles. The van der Waals surface area contributed by atoms with Crippen LogP contribution >= 0.6 is 0 Å². The van der Waals surface area contributed by atoms with E-state index in [4.69, 9.17) is 10.4 Å². The Morgan fingerprint density at radius 1 is 1.62 bits per heavy atom. The number of nitriles is 1. The highest BCUT2D eigenvalue weighted by atomic mass is 19.1. The van der Waals surface area contributed by atoms with Crippen molar-refractivity contribution in [2.75, 3.05) is 0 Å². The first-order valence-electron chi connectivity index (χ1n) is 3.54. The highest BCUT2D eigenvalue weighted by Gasteiger charge is 2.11. The van der Waals surface area contributed by atoms with Gasteiger partial charge in [0, 0.05) is 0 Å². The van der Waals surface area contributed by atoms with E-state index in [2.05, 4.69) is 0 Å². The van der Waals surface area contributed by atoms with E-state index in [0.29, 0.717) is 0 Å². The number of ketones is 1. The topological polar surface area (TPSA) is 61.1 Å². The highest BCUT2D eigenvalue weighted by Crippen LogP contribution is 2.16. The second-order valence-corrected chi connectivity index (χ2v) is 2.42. The second-order valence-electron chi connectivity index (χ2n) is 2.42. The van der Waals surface area contributed by atoms with Gasteiger partial charge in [-0.1, -0.05) is 0 Å². The number of rotatable bonds is 2. The van der Waals surface area contributed by atoms with Gasteiger partial charge in [0.05, 0.1) is 18.1 Å². The molecule has 0 heterocycles. The Bertz CT molecular complexity index is 382. The van der Waals surface area contributed by atoms with Gasteiger partial charge >= 0.3 is 0 Å². The van der Waals surface area contributed by atoms with E-state index in [1.165, 1.54) is 0 Å². The van der Waals surface area contributed by atoms with Crippen LogP contribution in [0.4, 0.5) is 4.39 Å². The lowest BCUT2D eigenvalue weighted by atomic mass is 10.1. The molecule has 1 aromatic rings. The van der Waals surface area contributed by atoms with E-state index >= 15 is 0 Å². The maximum Gasteiger partial charge on any atom is 0.179 e. The number of aromatic hydroxyl groups is 1. The molecular formula is C9H6FNO2. The van der Waals surface area contributed by atoms with Gasteiger partial charge in [-0.15, -0.1) is 0 Å². The summed E-state index contributed by atoms with van der Waals surface area (Å²) in [7, 11) is 0. The maximum atomic E-state index is 12.9. The fourth-order valence-corrected chi connectivity index (χ4v) is 0.894. The molecule has 0 fully saturated rings. The van der Waals surface area contributed by atoms with Crippen molar-refractivity contribution in [2.24, 2.45) is 0 Å². The SMILES string of the molecule is N#CCC(=O)c1cc(O)ccc1F. The number of carbonyl (C=O) groups is 1. The van der Waals surface area contributed by atoms with Crippen LogP contribution in [0.3, 0.4) is 0 Å². The summed E-state index contributed by atoms with van der Waals surface area (Å²) in [6, 6.07) is 4.75. The Kier molecular flexibility index (Phi) is 2.60. The average molecular weight is 179 g/mol. The van der Waals surface area contributed by atoms with Gasteiger partial charge in [-0.2, -0.15) is 5.26 Å². The molecule has 0 unspecified atom stereocenters. The van der Waals surface area contributed by atoms with E-state index in [0.717, 1.165) is 18.2 Å². The predicted molar refractivity (Wildman–Crippen MR) is 42.6 cm³/mol. The zero-order valence-electron chi connectivity index (χ0n) is 6.62. The number of phenolic OH excluding ortho intramolecular Hbond substituents is 1. The van der Waals surface area contributed by atoms with Gasteiger partial charge in [0.15, 0.2) is 5.78 Å². The molecule has 3 nitrogen and oxygen atoms in total. The summed E-state index contributed by atoms with van der Waals surface area (Å²) < 4.78 is 12.9. The van der Waals surface area contributed by atoms with Crippen LogP contribution in [-0.2, 0) is 0 Å². The Morgan fingerprint density at radius 3 is 2.92 bits per heavy atom. The Morgan fingerprint density at radius 2 is 2.31 bits per heavy atom. The van der Waals surface area contributed by atoms with E-state index < -0.39 is 11.6 Å². The summed E-state index contributed by atoms with van der Waals surface area (Å²) in [4.78, 5) is 11.0. The van der Waals surface area contributed by atoms with Crippen molar-refractivity contribution in [3.63, 3.8) is 0 Å². The summed E-state index contributed by atoms with van der Waals surface area (Å²) in [6.45, 7) is 0. The van der Waals surface area contributed by atoms with Crippen LogP contribution in [-0.4, -0.2) is 10.9 Å². The smallest absolute Gasteiger partial charge is 0.179 e. The molecule has 0 aliphatic heterocycles. The fraction of sp³-hybridized carbons (Fsp3) is 0.111. The maximum absolute atomic E-state index is 12.9. The lowest BCUT2D eigenvalue weighted by molar-refractivity contribution is 0.0993. The van der Waals surface area contributed by atoms with Crippen molar-refractivity contribution < 1.29 is 14.3 Å². The van der Waals surface area contributed by atoms with Gasteiger partial charge in [0.25, 0.3) is 0 Å². The third-order valence-electron chi connectivity index (χ3n) is 1.49. The number of hydrogen-bond acceptors (Lipinski definition) is 3. The predicted octanol–water partition coefficient (Wildman–Crippen LogP) is 1.63. The molecule has 1 N–H and O–H groups in total. The third kappa shape index (κ3) is 2.03. The van der Waals surface area contributed by atoms with Gasteiger partial charge in [0.2, 0.25) is 0 Å². The second kappa shape index (κ2) is 3.68. The summed E-state index contributed by atoms with van der Waals surface area (Å²) in [6.07, 6.45) is -0.389. The number of benzene rings is 1. The Hall–Kier alpha value is -1.89. The minimum Gasteiger partial charge on any atom is -0.508 e. The lowest BCUT2D eigenvalue weighted by Gasteiger charge is -1.99. The van der Waals surface area contributed by atoms with Crippen molar-refractivity contribution in [3.8, 4) is 11.8 Å². The van der Waals surface area contributed by atoms with E-state index in [1.54, 1.807) is 6.07 Å². The number of Topliss-reactive ketones (excluding diaryl/α,β-unsaturated/α-hetero) is 1. The molecule has 0 amide bonds. The molecule has 0 saturated carbocycles. The molecule has 0 spiro atoms. The zero-order chi connectivity index (χ0) is 9.84. The molecule has 0 aliphatic carbocycles. The zero-order valence-corrected chi connectivity index (χ0v) is 6.62. The summed E-state index contributed by atoms with van der Waals surface area (Å²) in [5.41, 5.74) is -0.249. The minimum atomic E-state index is -0.724. The molecule has 0 bridgehead atoms. The van der Waals surface area contributed by atoms with Gasteiger partial charge in [-0.3, -0.25) is 4.79 Å². The van der Waals surface area contributed by atoms with Gasteiger partial charge < -0.3 is 5.11 Å². The quantitative estimate of drug-likeness (QED) is 0.702. The normalized spacial score (nSPS) is 9.23. The molecular weight excluding hydrogens is 173 g/mol. The average Bonchev–Trinajstić information content (AvgIpc) is 2.09. The molecule has 0 radical (unpaired) electrons. The first-order valence-corrected chi connectivity index (χ1v) is 3.54. The van der Waals surface area contributed by atoms with Crippen molar-refractivity contribution in [2.45, 2.75) is 6.42 Å². The number of hydrogen-bond donors (Lipinski definition) is 1. The fourth-order valence-electron chi connectivity index (χ4n) is 0.894. The van der Waals surface area contributed by atoms with Gasteiger partial charge in [-0.05, 0) is 18.2 Å². The van der Waals surface area contributed by atoms with Crippen molar-refractivity contribution >= 4 is 5.78 Å².